The number of benzene rings is 2. The van der Waals surface area contributed by atoms with Gasteiger partial charge >= 0.3 is 0 Å². The Balaban J connectivity index is 2.28. The van der Waals surface area contributed by atoms with Crippen molar-refractivity contribution < 1.29 is 14.2 Å². The van der Waals surface area contributed by atoms with Crippen LogP contribution in [-0.2, 0) is 6.54 Å². The fraction of sp³-hybridized carbons (Fsp3) is 0.250. The summed E-state index contributed by atoms with van der Waals surface area (Å²) in [5.74, 6) is 2.08. The molecule has 4 nitrogen and oxygen atoms in total. The summed E-state index contributed by atoms with van der Waals surface area (Å²) in [6.45, 7) is 0.528. The lowest BCUT2D eigenvalue weighted by atomic mass is 10.1. The molecule has 21 heavy (non-hydrogen) atoms. The summed E-state index contributed by atoms with van der Waals surface area (Å²) in [6.07, 6.45) is 0. The minimum Gasteiger partial charge on any atom is -0.496 e. The fourth-order valence-corrected chi connectivity index (χ4v) is 2.24. The number of halogens is 1. The minimum absolute atomic E-state index is 0.528. The molecule has 0 atom stereocenters. The lowest BCUT2D eigenvalue weighted by Gasteiger charge is -2.16. The van der Waals surface area contributed by atoms with Gasteiger partial charge in [0.2, 0.25) is 0 Å². The number of hydrogen-bond donors (Lipinski definition) is 1. The zero-order valence-electron chi connectivity index (χ0n) is 12.3. The van der Waals surface area contributed by atoms with Crippen LogP contribution in [0.5, 0.6) is 17.2 Å². The van der Waals surface area contributed by atoms with Crippen LogP contribution in [-0.4, -0.2) is 21.3 Å². The van der Waals surface area contributed by atoms with Crippen LogP contribution in [0.2, 0.25) is 5.02 Å². The summed E-state index contributed by atoms with van der Waals surface area (Å²) in [7, 11) is 4.84. The molecule has 0 aliphatic rings. The van der Waals surface area contributed by atoms with Crippen molar-refractivity contribution in [3.05, 3.63) is 47.0 Å². The first kappa shape index (κ1) is 15.3. The van der Waals surface area contributed by atoms with E-state index in [4.69, 9.17) is 25.8 Å². The van der Waals surface area contributed by atoms with E-state index in [1.807, 2.05) is 36.4 Å². The summed E-state index contributed by atoms with van der Waals surface area (Å²) in [5.41, 5.74) is 1.76. The van der Waals surface area contributed by atoms with Gasteiger partial charge in [0.1, 0.15) is 17.2 Å². The highest BCUT2D eigenvalue weighted by Gasteiger charge is 2.13. The molecule has 0 fully saturated rings. The van der Waals surface area contributed by atoms with Crippen LogP contribution in [0.15, 0.2) is 36.4 Å². The molecular formula is C16H18ClNO3. The van der Waals surface area contributed by atoms with E-state index in [-0.39, 0.29) is 0 Å². The molecule has 0 saturated heterocycles. The summed E-state index contributed by atoms with van der Waals surface area (Å²) in [6, 6.07) is 11.2. The molecule has 0 heterocycles. The predicted octanol–water partition coefficient (Wildman–Crippen LogP) is 3.98. The van der Waals surface area contributed by atoms with Crippen molar-refractivity contribution in [1.29, 1.82) is 0 Å². The highest BCUT2D eigenvalue weighted by molar-refractivity contribution is 6.33. The Kier molecular flexibility index (Phi) is 5.17. The highest BCUT2D eigenvalue weighted by Crippen LogP contribution is 2.35. The van der Waals surface area contributed by atoms with Crippen LogP contribution in [0, 0.1) is 0 Å². The van der Waals surface area contributed by atoms with Gasteiger partial charge in [-0.1, -0.05) is 23.7 Å². The first-order chi connectivity index (χ1) is 10.2. The molecule has 1 N–H and O–H groups in total. The maximum absolute atomic E-state index is 6.14. The van der Waals surface area contributed by atoms with Gasteiger partial charge in [0.25, 0.3) is 0 Å². The molecule has 2 aromatic carbocycles. The Hall–Kier alpha value is -2.07. The van der Waals surface area contributed by atoms with Crippen LogP contribution in [0.4, 0.5) is 5.69 Å². The minimum atomic E-state index is 0.528. The van der Waals surface area contributed by atoms with Crippen molar-refractivity contribution >= 4 is 17.3 Å². The van der Waals surface area contributed by atoms with Crippen molar-refractivity contribution in [3.8, 4) is 17.2 Å². The first-order valence-electron chi connectivity index (χ1n) is 6.47. The van der Waals surface area contributed by atoms with Crippen LogP contribution in [0.25, 0.3) is 0 Å². The van der Waals surface area contributed by atoms with Crippen molar-refractivity contribution in [2.24, 2.45) is 0 Å². The Labute approximate surface area is 129 Å². The molecule has 0 unspecified atom stereocenters. The van der Waals surface area contributed by atoms with Crippen molar-refractivity contribution in [2.75, 3.05) is 26.6 Å². The second-order valence-electron chi connectivity index (χ2n) is 4.34. The normalized spacial score (nSPS) is 10.1. The summed E-state index contributed by atoms with van der Waals surface area (Å²) >= 11 is 6.14. The van der Waals surface area contributed by atoms with Gasteiger partial charge in [0.15, 0.2) is 0 Å². The molecule has 112 valence electrons. The average Bonchev–Trinajstić information content (AvgIpc) is 2.53. The molecule has 0 aromatic heterocycles. The molecule has 2 aromatic rings. The quantitative estimate of drug-likeness (QED) is 0.876. The van der Waals surface area contributed by atoms with Gasteiger partial charge in [0, 0.05) is 18.7 Å². The van der Waals surface area contributed by atoms with Gasteiger partial charge in [-0.25, -0.2) is 0 Å². The molecule has 0 saturated carbocycles. The summed E-state index contributed by atoms with van der Waals surface area (Å²) < 4.78 is 16.1. The zero-order valence-corrected chi connectivity index (χ0v) is 13.0. The van der Waals surface area contributed by atoms with Crippen LogP contribution in [0.1, 0.15) is 5.56 Å². The molecule has 0 amide bonds. The van der Waals surface area contributed by atoms with Crippen LogP contribution in [0.3, 0.4) is 0 Å². The third-order valence-electron chi connectivity index (χ3n) is 3.15. The molecule has 0 aliphatic carbocycles. The van der Waals surface area contributed by atoms with E-state index >= 15 is 0 Å². The van der Waals surface area contributed by atoms with Gasteiger partial charge < -0.3 is 19.5 Å². The van der Waals surface area contributed by atoms with Gasteiger partial charge in [-0.3, -0.25) is 0 Å². The summed E-state index contributed by atoms with van der Waals surface area (Å²) in [5, 5.41) is 3.95. The van der Waals surface area contributed by atoms with Gasteiger partial charge in [-0.05, 0) is 12.1 Å². The van der Waals surface area contributed by atoms with E-state index in [0.29, 0.717) is 28.8 Å². The average molecular weight is 308 g/mol. The summed E-state index contributed by atoms with van der Waals surface area (Å²) in [4.78, 5) is 0. The molecular weight excluding hydrogens is 290 g/mol. The van der Waals surface area contributed by atoms with E-state index in [1.54, 1.807) is 21.3 Å². The number of nitrogens with one attached hydrogen (secondary N) is 1. The fourth-order valence-electron chi connectivity index (χ4n) is 2.04. The lowest BCUT2D eigenvalue weighted by Crippen LogP contribution is -2.05. The first-order valence-corrected chi connectivity index (χ1v) is 6.84. The maximum atomic E-state index is 6.14. The van der Waals surface area contributed by atoms with E-state index in [0.717, 1.165) is 11.3 Å². The Bertz CT molecular complexity index is 591. The Morgan fingerprint density at radius 3 is 2.10 bits per heavy atom. The number of ether oxygens (including phenoxy) is 3. The number of anilines is 1. The molecule has 0 aliphatic heterocycles. The second-order valence-corrected chi connectivity index (χ2v) is 4.75. The molecule has 0 spiro atoms. The smallest absolute Gasteiger partial charge is 0.131 e. The largest absolute Gasteiger partial charge is 0.496 e. The Morgan fingerprint density at radius 1 is 0.952 bits per heavy atom. The van der Waals surface area contributed by atoms with Crippen molar-refractivity contribution in [2.45, 2.75) is 6.54 Å². The Morgan fingerprint density at radius 2 is 1.57 bits per heavy atom. The third-order valence-corrected chi connectivity index (χ3v) is 3.48. The number of rotatable bonds is 6. The van der Waals surface area contributed by atoms with Gasteiger partial charge in [-0.15, -0.1) is 0 Å². The SMILES string of the molecule is COc1cc(OC)c(CNc2ccccc2Cl)c(OC)c1. The highest BCUT2D eigenvalue weighted by atomic mass is 35.5. The van der Waals surface area contributed by atoms with E-state index in [9.17, 15) is 0 Å². The lowest BCUT2D eigenvalue weighted by molar-refractivity contribution is 0.369. The molecule has 5 heteroatoms. The third kappa shape index (κ3) is 3.52. The predicted molar refractivity (Wildman–Crippen MR) is 84.9 cm³/mol. The van der Waals surface area contributed by atoms with E-state index in [1.165, 1.54) is 0 Å². The van der Waals surface area contributed by atoms with E-state index < -0.39 is 0 Å². The van der Waals surface area contributed by atoms with Gasteiger partial charge in [0.05, 0.1) is 37.6 Å². The number of para-hydroxylation sites is 1. The maximum Gasteiger partial charge on any atom is 0.131 e. The van der Waals surface area contributed by atoms with Crippen molar-refractivity contribution in [3.63, 3.8) is 0 Å². The molecule has 2 rings (SSSR count). The zero-order chi connectivity index (χ0) is 15.2. The van der Waals surface area contributed by atoms with Crippen LogP contribution >= 0.6 is 11.6 Å². The second kappa shape index (κ2) is 7.09. The van der Waals surface area contributed by atoms with Gasteiger partial charge in [-0.2, -0.15) is 0 Å². The molecule has 0 radical (unpaired) electrons. The van der Waals surface area contributed by atoms with Crippen LogP contribution < -0.4 is 19.5 Å². The monoisotopic (exact) mass is 307 g/mol. The van der Waals surface area contributed by atoms with Crippen molar-refractivity contribution in [1.82, 2.24) is 0 Å². The molecule has 0 bridgehead atoms. The topological polar surface area (TPSA) is 39.7 Å². The van der Waals surface area contributed by atoms with E-state index in [2.05, 4.69) is 5.32 Å². The standard InChI is InChI=1S/C16H18ClNO3/c1-19-11-8-15(20-2)12(16(9-11)21-3)10-18-14-7-5-4-6-13(14)17/h4-9,18H,10H2,1-3H3. The number of methoxy groups -OCH3 is 3. The number of hydrogen-bond acceptors (Lipinski definition) is 4.